The van der Waals surface area contributed by atoms with E-state index in [1.807, 2.05) is 0 Å². The molecule has 3 aliphatic rings. The molecule has 0 spiro atoms. The molecule has 59 heavy (non-hydrogen) atoms. The predicted octanol–water partition coefficient (Wildman–Crippen LogP) is 5.97. The van der Waals surface area contributed by atoms with E-state index in [0.29, 0.717) is 16.3 Å². The summed E-state index contributed by atoms with van der Waals surface area (Å²) in [6.07, 6.45) is -4.56. The fraction of sp³-hybridized carbons (Fsp3) is 0.368. The van der Waals surface area contributed by atoms with Gasteiger partial charge in [0, 0.05) is 42.1 Å². The van der Waals surface area contributed by atoms with Crippen LogP contribution in [-0.2, 0) is 51.7 Å². The van der Waals surface area contributed by atoms with Crippen molar-refractivity contribution in [2.45, 2.75) is 55.5 Å². The van der Waals surface area contributed by atoms with E-state index < -0.39 is 93.1 Å². The topological polar surface area (TPSA) is 153 Å². The maximum Gasteiger partial charge on any atom is 0.435 e. The number of sulfonamides is 1. The number of carbonyl (C=O) groups is 1. The third-order valence-electron chi connectivity index (χ3n) is 10.4. The first-order chi connectivity index (χ1) is 27.6. The van der Waals surface area contributed by atoms with Crippen LogP contribution >= 0.6 is 11.6 Å². The number of anilines is 1. The summed E-state index contributed by atoms with van der Waals surface area (Å²) in [5.41, 5.74) is -3.93. The largest absolute Gasteiger partial charge is 0.435 e. The number of ether oxygens (including phenoxy) is 1. The number of nitrogens with zero attached hydrogens (tertiary/aromatic N) is 5. The van der Waals surface area contributed by atoms with Crippen LogP contribution in [0.1, 0.15) is 58.7 Å². The molecule has 0 bridgehead atoms. The number of benzene rings is 2. The van der Waals surface area contributed by atoms with Crippen molar-refractivity contribution in [3.05, 3.63) is 93.0 Å². The number of aromatic nitrogens is 5. The molecule has 12 nitrogen and oxygen atoms in total. The summed E-state index contributed by atoms with van der Waals surface area (Å²) >= 11 is 6.58. The van der Waals surface area contributed by atoms with Crippen molar-refractivity contribution in [2.75, 3.05) is 24.2 Å². The molecule has 8 rings (SSSR count). The monoisotopic (exact) mass is 865 g/mol. The molecule has 2 aliphatic carbocycles. The molecule has 5 aromatic rings. The number of aliphatic hydroxyl groups is 1. The third-order valence-corrected chi connectivity index (χ3v) is 11.3. The highest BCUT2D eigenvalue weighted by atomic mass is 35.5. The summed E-state index contributed by atoms with van der Waals surface area (Å²) in [6.45, 7) is -0.946. The van der Waals surface area contributed by atoms with Crippen molar-refractivity contribution in [1.82, 2.24) is 29.9 Å². The summed E-state index contributed by atoms with van der Waals surface area (Å²) in [5.74, 6) is -3.79. The minimum Gasteiger partial charge on any atom is -0.377 e. The van der Waals surface area contributed by atoms with Gasteiger partial charge in [-0.3, -0.25) is 18.9 Å². The highest BCUT2D eigenvalue weighted by Gasteiger charge is 2.68. The smallest absolute Gasteiger partial charge is 0.377 e. The van der Waals surface area contributed by atoms with Crippen LogP contribution in [0.4, 0.5) is 36.6 Å². The van der Waals surface area contributed by atoms with Gasteiger partial charge in [0.25, 0.3) is 5.92 Å². The van der Waals surface area contributed by atoms with Crippen LogP contribution in [0.15, 0.2) is 42.5 Å². The van der Waals surface area contributed by atoms with E-state index in [1.165, 1.54) is 29.9 Å². The molecule has 1 saturated carbocycles. The molecule has 1 amide bonds. The highest BCUT2D eigenvalue weighted by molar-refractivity contribution is 7.92. The van der Waals surface area contributed by atoms with Gasteiger partial charge in [0.1, 0.15) is 29.6 Å². The van der Waals surface area contributed by atoms with Gasteiger partial charge in [0.05, 0.1) is 47.1 Å². The fourth-order valence-corrected chi connectivity index (χ4v) is 8.60. The Hall–Kier alpha value is -5.23. The Morgan fingerprint density at radius 3 is 2.49 bits per heavy atom. The molecule has 4 heterocycles. The molecule has 0 radical (unpaired) electrons. The van der Waals surface area contributed by atoms with Gasteiger partial charge < -0.3 is 15.2 Å². The average Bonchev–Trinajstić information content (AvgIpc) is 3.35. The van der Waals surface area contributed by atoms with Crippen LogP contribution in [0.5, 0.6) is 0 Å². The number of carbonyl (C=O) groups excluding carboxylic acids is 1. The van der Waals surface area contributed by atoms with Crippen LogP contribution < -0.4 is 10.0 Å². The Kier molecular flexibility index (Phi) is 9.76. The summed E-state index contributed by atoms with van der Waals surface area (Å²) in [4.78, 5) is 18.7. The first-order valence-corrected chi connectivity index (χ1v) is 20.2. The lowest BCUT2D eigenvalue weighted by Crippen LogP contribution is -2.35. The first kappa shape index (κ1) is 40.5. The van der Waals surface area contributed by atoms with Gasteiger partial charge in [-0.05, 0) is 60.6 Å². The second kappa shape index (κ2) is 14.2. The van der Waals surface area contributed by atoms with Gasteiger partial charge in [-0.1, -0.05) is 23.6 Å². The van der Waals surface area contributed by atoms with Gasteiger partial charge >= 0.3 is 6.18 Å². The lowest BCUT2D eigenvalue weighted by Gasteiger charge is -2.23. The van der Waals surface area contributed by atoms with Gasteiger partial charge in [-0.15, -0.1) is 0 Å². The van der Waals surface area contributed by atoms with Crippen LogP contribution in [0.3, 0.4) is 0 Å². The average molecular weight is 866 g/mol. The van der Waals surface area contributed by atoms with Gasteiger partial charge in [0.2, 0.25) is 15.9 Å². The van der Waals surface area contributed by atoms with Crippen molar-refractivity contribution >= 4 is 44.3 Å². The molecular weight excluding hydrogens is 835 g/mol. The Bertz CT molecular complexity index is 2720. The molecule has 2 fully saturated rings. The Morgan fingerprint density at radius 1 is 1.12 bits per heavy atom. The minimum atomic E-state index is -5.09. The van der Waals surface area contributed by atoms with Crippen LogP contribution in [0.25, 0.3) is 22.0 Å². The number of rotatable bonds is 9. The molecule has 310 valence electrons. The second-order valence-corrected chi connectivity index (χ2v) is 17.0. The van der Waals surface area contributed by atoms with Crippen molar-refractivity contribution in [2.24, 2.45) is 13.0 Å². The quantitative estimate of drug-likeness (QED) is 0.121. The van der Waals surface area contributed by atoms with Gasteiger partial charge in [-0.25, -0.2) is 22.2 Å². The Morgan fingerprint density at radius 2 is 1.83 bits per heavy atom. The summed E-state index contributed by atoms with van der Waals surface area (Å²) in [5, 5.41) is 21.5. The summed E-state index contributed by atoms with van der Waals surface area (Å²) in [7, 11) is -2.36. The maximum absolute atomic E-state index is 15.4. The van der Waals surface area contributed by atoms with E-state index in [0.717, 1.165) is 18.4 Å². The summed E-state index contributed by atoms with van der Waals surface area (Å²) in [6, 6.07) is 7.14. The first-order valence-electron chi connectivity index (χ1n) is 17.9. The van der Waals surface area contributed by atoms with Crippen LogP contribution in [0.2, 0.25) is 5.02 Å². The number of hydrogen-bond donors (Lipinski definition) is 3. The number of amides is 1. The molecule has 1 saturated heterocycles. The van der Waals surface area contributed by atoms with Crippen molar-refractivity contribution in [3.63, 3.8) is 0 Å². The van der Waals surface area contributed by atoms with Crippen LogP contribution in [0, 0.1) is 29.4 Å². The van der Waals surface area contributed by atoms with Crippen molar-refractivity contribution < 1.29 is 53.8 Å². The van der Waals surface area contributed by atoms with Gasteiger partial charge in [-0.2, -0.15) is 32.1 Å². The second-order valence-electron chi connectivity index (χ2n) is 14.8. The van der Waals surface area contributed by atoms with E-state index in [9.17, 15) is 40.3 Å². The lowest BCUT2D eigenvalue weighted by atomic mass is 9.93. The standard InChI is InChI=1S/C38H31ClF7N7O5S/c1-52-32-23(5-6-26(39)30(32)35(50-52)51-59(2,56)57)22-4-3-21(7-8-36(55)9-10-58-17-36)47-31(22)27(13-18-11-19(40)14-20(41)12-18)48-28(54)16-53-34-29(33(49-53)38(44,45)46)24-15-25(24)37(34,42)43/h3-6,11-12,14,24-25,27,55H,9-10,13,15-17H2,1-2H3,(H,48,54)(H,50,51)/t24-,25+,27-,36?/m0/s1. The Balaban J connectivity index is 1.28. The zero-order valence-electron chi connectivity index (χ0n) is 30.8. The summed E-state index contributed by atoms with van der Waals surface area (Å²) < 4.78 is 136. The minimum absolute atomic E-state index is 0.0122. The van der Waals surface area contributed by atoms with E-state index >= 15 is 8.78 Å². The number of hydrogen-bond acceptors (Lipinski definition) is 8. The van der Waals surface area contributed by atoms with E-state index in [1.54, 1.807) is 6.07 Å². The molecule has 1 aliphatic heterocycles. The molecule has 3 N–H and O–H groups in total. The maximum atomic E-state index is 15.4. The lowest BCUT2D eigenvalue weighted by molar-refractivity contribution is -0.142. The van der Waals surface area contributed by atoms with Crippen molar-refractivity contribution in [1.29, 1.82) is 0 Å². The van der Waals surface area contributed by atoms with E-state index in [-0.39, 0.29) is 70.3 Å². The third kappa shape index (κ3) is 7.72. The molecule has 2 aromatic carbocycles. The molecule has 3 aromatic heterocycles. The number of pyridine rings is 1. The molecule has 1 unspecified atom stereocenters. The highest BCUT2D eigenvalue weighted by Crippen LogP contribution is 2.68. The van der Waals surface area contributed by atoms with Gasteiger partial charge in [0.15, 0.2) is 17.1 Å². The number of nitrogens with one attached hydrogen (secondary N) is 2. The number of halogens is 8. The normalized spacial score (nSPS) is 21.1. The zero-order valence-corrected chi connectivity index (χ0v) is 32.3. The van der Waals surface area contributed by atoms with Crippen LogP contribution in [-0.4, -0.2) is 69.0 Å². The van der Waals surface area contributed by atoms with E-state index in [2.05, 4.69) is 32.1 Å². The number of aryl methyl sites for hydroxylation is 1. The van der Waals surface area contributed by atoms with E-state index in [4.69, 9.17) is 21.3 Å². The number of alkyl halides is 5. The predicted molar refractivity (Wildman–Crippen MR) is 198 cm³/mol. The molecule has 4 atom stereocenters. The Labute approximate surface area is 335 Å². The SMILES string of the molecule is Cn1nc(NS(C)(=O)=O)c2c(Cl)ccc(-c3ccc(C#CC4(O)CCOC4)nc3[C@H](Cc3cc(F)cc(F)c3)NC(=O)Cn3nc(C(F)(F)F)c4c3C(F)(F)[C@@H]3C[C@H]43)c21. The fourth-order valence-electron chi connectivity index (χ4n) is 7.86. The molecular formula is C38H31ClF7N7O5S. The zero-order chi connectivity index (χ0) is 42.4. The molecule has 21 heteroatoms. The van der Waals surface area contributed by atoms with Crippen molar-refractivity contribution in [3.8, 4) is 23.0 Å². The number of fused-ring (bicyclic) bond motifs is 4.